The lowest BCUT2D eigenvalue weighted by atomic mass is 9.86. The van der Waals surface area contributed by atoms with Crippen molar-refractivity contribution in [1.82, 2.24) is 9.21 Å². The average Bonchev–Trinajstić information content (AvgIpc) is 3.04. The highest BCUT2D eigenvalue weighted by molar-refractivity contribution is 7.89. The van der Waals surface area contributed by atoms with Gasteiger partial charge in [0, 0.05) is 26.7 Å². The minimum atomic E-state index is -3.72. The number of likely N-dealkylation sites (tertiary alicyclic amines) is 1. The molecule has 0 N–H and O–H groups in total. The van der Waals surface area contributed by atoms with E-state index in [1.54, 1.807) is 18.1 Å². The van der Waals surface area contributed by atoms with Gasteiger partial charge in [0.05, 0.1) is 11.5 Å². The fourth-order valence-electron chi connectivity index (χ4n) is 4.25. The maximum atomic E-state index is 13.5. The fourth-order valence-corrected chi connectivity index (χ4v) is 6.39. The third-order valence-corrected chi connectivity index (χ3v) is 7.72. The zero-order valence-electron chi connectivity index (χ0n) is 15.8. The minimum absolute atomic E-state index is 0.0628. The van der Waals surface area contributed by atoms with Gasteiger partial charge in [-0.05, 0) is 56.7 Å². The second-order valence-corrected chi connectivity index (χ2v) is 9.20. The van der Waals surface area contributed by atoms with Crippen LogP contribution in [0.5, 0.6) is 0 Å². The maximum Gasteiger partial charge on any atom is 0.244 e. The lowest BCUT2D eigenvalue weighted by Gasteiger charge is -2.44. The molecule has 0 aliphatic carbocycles. The Hall–Kier alpha value is -1.44. The van der Waals surface area contributed by atoms with Crippen LogP contribution in [0.2, 0.25) is 0 Å². The Bertz CT molecular complexity index is 793. The van der Waals surface area contributed by atoms with Gasteiger partial charge in [-0.25, -0.2) is 8.42 Å². The van der Waals surface area contributed by atoms with Crippen LogP contribution in [-0.4, -0.2) is 62.4 Å². The van der Waals surface area contributed by atoms with Crippen LogP contribution in [-0.2, 0) is 19.6 Å². The van der Waals surface area contributed by atoms with E-state index in [9.17, 15) is 13.2 Å². The molecule has 1 aromatic rings. The monoisotopic (exact) mass is 380 g/mol. The van der Waals surface area contributed by atoms with Crippen molar-refractivity contribution in [2.24, 2.45) is 0 Å². The van der Waals surface area contributed by atoms with Gasteiger partial charge in [0.1, 0.15) is 5.54 Å². The van der Waals surface area contributed by atoms with E-state index in [0.29, 0.717) is 50.4 Å². The largest absolute Gasteiger partial charge is 0.383 e. The number of carbonyl (C=O) groups is 1. The van der Waals surface area contributed by atoms with Crippen molar-refractivity contribution < 1.29 is 17.9 Å². The summed E-state index contributed by atoms with van der Waals surface area (Å²) in [5, 5.41) is 0. The number of hydrogen-bond donors (Lipinski definition) is 0. The van der Waals surface area contributed by atoms with Crippen LogP contribution in [0.1, 0.15) is 36.8 Å². The molecule has 1 aromatic carbocycles. The van der Waals surface area contributed by atoms with Crippen LogP contribution in [0.3, 0.4) is 0 Å². The first kappa shape index (κ1) is 19.3. The Balaban J connectivity index is 1.99. The SMILES string of the molecule is COCCN1CCCC2(CCCN2S(=O)(=O)c2cc(C)ccc2C)C1=O. The van der Waals surface area contributed by atoms with Gasteiger partial charge in [-0.15, -0.1) is 0 Å². The molecule has 1 atom stereocenters. The fraction of sp³-hybridized carbons (Fsp3) is 0.632. The molecule has 144 valence electrons. The normalized spacial score (nSPS) is 24.6. The van der Waals surface area contributed by atoms with Gasteiger partial charge in [-0.2, -0.15) is 4.31 Å². The molecule has 2 aliphatic heterocycles. The number of rotatable bonds is 5. The lowest BCUT2D eigenvalue weighted by Crippen LogP contribution is -2.61. The number of carbonyl (C=O) groups excluding carboxylic acids is 1. The van der Waals surface area contributed by atoms with Crippen molar-refractivity contribution in [1.29, 1.82) is 0 Å². The zero-order chi connectivity index (χ0) is 18.9. The van der Waals surface area contributed by atoms with Gasteiger partial charge in [0.15, 0.2) is 0 Å². The minimum Gasteiger partial charge on any atom is -0.383 e. The summed E-state index contributed by atoms with van der Waals surface area (Å²) in [6.07, 6.45) is 2.72. The van der Waals surface area contributed by atoms with Crippen molar-refractivity contribution in [2.75, 3.05) is 33.4 Å². The van der Waals surface area contributed by atoms with Crippen molar-refractivity contribution in [3.05, 3.63) is 29.3 Å². The molecule has 0 saturated carbocycles. The van der Waals surface area contributed by atoms with E-state index in [4.69, 9.17) is 4.74 Å². The predicted octanol–water partition coefficient (Wildman–Crippen LogP) is 2.10. The van der Waals surface area contributed by atoms with E-state index >= 15 is 0 Å². The van der Waals surface area contributed by atoms with Crippen LogP contribution < -0.4 is 0 Å². The summed E-state index contributed by atoms with van der Waals surface area (Å²) >= 11 is 0. The number of aryl methyl sites for hydroxylation is 2. The van der Waals surface area contributed by atoms with E-state index in [1.165, 1.54) is 4.31 Å². The van der Waals surface area contributed by atoms with Crippen LogP contribution in [0, 0.1) is 13.8 Å². The molecule has 0 radical (unpaired) electrons. The Morgan fingerprint density at radius 1 is 1.15 bits per heavy atom. The summed E-state index contributed by atoms with van der Waals surface area (Å²) < 4.78 is 33.6. The molecule has 0 aromatic heterocycles. The third kappa shape index (κ3) is 3.17. The van der Waals surface area contributed by atoms with Gasteiger partial charge < -0.3 is 9.64 Å². The topological polar surface area (TPSA) is 66.9 Å². The Kier molecular flexibility index (Phi) is 5.42. The average molecular weight is 381 g/mol. The molecule has 2 saturated heterocycles. The molecule has 1 amide bonds. The Morgan fingerprint density at radius 3 is 2.54 bits per heavy atom. The van der Waals surface area contributed by atoms with Gasteiger partial charge in [-0.1, -0.05) is 12.1 Å². The molecule has 1 unspecified atom stereocenters. The number of nitrogens with zero attached hydrogens (tertiary/aromatic N) is 2. The summed E-state index contributed by atoms with van der Waals surface area (Å²) in [4.78, 5) is 15.3. The number of hydrogen-bond acceptors (Lipinski definition) is 4. The predicted molar refractivity (Wildman–Crippen MR) is 99.5 cm³/mol. The lowest BCUT2D eigenvalue weighted by molar-refractivity contribution is -0.145. The summed E-state index contributed by atoms with van der Waals surface area (Å²) in [6.45, 7) is 5.74. The molecular formula is C19H28N2O4S. The summed E-state index contributed by atoms with van der Waals surface area (Å²) in [6, 6.07) is 5.46. The second kappa shape index (κ2) is 7.29. The van der Waals surface area contributed by atoms with Gasteiger partial charge in [-0.3, -0.25) is 4.79 Å². The molecular weight excluding hydrogens is 352 g/mol. The first-order chi connectivity index (χ1) is 12.3. The van der Waals surface area contributed by atoms with Crippen molar-refractivity contribution >= 4 is 15.9 Å². The van der Waals surface area contributed by atoms with E-state index in [1.807, 2.05) is 26.0 Å². The second-order valence-electron chi connectivity index (χ2n) is 7.37. The van der Waals surface area contributed by atoms with E-state index in [-0.39, 0.29) is 5.91 Å². The van der Waals surface area contributed by atoms with E-state index in [2.05, 4.69) is 0 Å². The quantitative estimate of drug-likeness (QED) is 0.785. The molecule has 7 heteroatoms. The summed E-state index contributed by atoms with van der Waals surface area (Å²) in [7, 11) is -2.11. The molecule has 2 aliphatic rings. The van der Waals surface area contributed by atoms with Gasteiger partial charge in [0.2, 0.25) is 15.9 Å². The van der Waals surface area contributed by atoms with Crippen LogP contribution in [0.25, 0.3) is 0 Å². The summed E-state index contributed by atoms with van der Waals surface area (Å²) in [5.74, 6) is -0.0628. The zero-order valence-corrected chi connectivity index (χ0v) is 16.6. The van der Waals surface area contributed by atoms with Gasteiger partial charge >= 0.3 is 0 Å². The molecule has 2 fully saturated rings. The highest BCUT2D eigenvalue weighted by Gasteiger charge is 2.55. The smallest absolute Gasteiger partial charge is 0.244 e. The first-order valence-electron chi connectivity index (χ1n) is 9.21. The standard InChI is InChI=1S/C19H28N2O4S/c1-15-6-7-16(2)17(14-15)26(23,24)21-11-5-9-19(21)8-4-10-20(18(19)22)12-13-25-3/h6-7,14H,4-5,8-13H2,1-3H3. The highest BCUT2D eigenvalue weighted by atomic mass is 32.2. The molecule has 2 heterocycles. The van der Waals surface area contributed by atoms with Crippen molar-refractivity contribution in [2.45, 2.75) is 50.0 Å². The number of sulfonamides is 1. The van der Waals surface area contributed by atoms with Crippen LogP contribution in [0.15, 0.2) is 23.1 Å². The number of piperidine rings is 1. The molecule has 0 bridgehead atoms. The van der Waals surface area contributed by atoms with E-state index < -0.39 is 15.6 Å². The number of amides is 1. The molecule has 3 rings (SSSR count). The first-order valence-corrected chi connectivity index (χ1v) is 10.7. The maximum absolute atomic E-state index is 13.5. The van der Waals surface area contributed by atoms with Gasteiger partial charge in [0.25, 0.3) is 0 Å². The van der Waals surface area contributed by atoms with Crippen molar-refractivity contribution in [3.63, 3.8) is 0 Å². The number of ether oxygens (including phenoxy) is 1. The number of methoxy groups -OCH3 is 1. The Morgan fingerprint density at radius 2 is 1.85 bits per heavy atom. The molecule has 6 nitrogen and oxygen atoms in total. The van der Waals surface area contributed by atoms with Crippen LogP contribution in [0.4, 0.5) is 0 Å². The third-order valence-electron chi connectivity index (χ3n) is 5.61. The van der Waals surface area contributed by atoms with Crippen LogP contribution >= 0.6 is 0 Å². The molecule has 1 spiro atoms. The molecule has 26 heavy (non-hydrogen) atoms. The Labute approximate surface area is 156 Å². The van der Waals surface area contributed by atoms with E-state index in [0.717, 1.165) is 17.5 Å². The number of benzene rings is 1. The summed E-state index contributed by atoms with van der Waals surface area (Å²) in [5.41, 5.74) is 0.692. The van der Waals surface area contributed by atoms with Crippen molar-refractivity contribution in [3.8, 4) is 0 Å². The highest BCUT2D eigenvalue weighted by Crippen LogP contribution is 2.42.